The molecule has 1 aromatic heterocycles. The maximum atomic E-state index is 4.45. The second kappa shape index (κ2) is 6.81. The second-order valence-corrected chi connectivity index (χ2v) is 5.43. The Morgan fingerprint density at radius 3 is 2.76 bits per heavy atom. The fraction of sp³-hybridized carbons (Fsp3) is 0.667. The number of aromatic nitrogens is 2. The van der Waals surface area contributed by atoms with Gasteiger partial charge < -0.3 is 5.32 Å². The summed E-state index contributed by atoms with van der Waals surface area (Å²) in [5, 5.41) is 3.23. The first-order valence-corrected chi connectivity index (χ1v) is 7.39. The van der Waals surface area contributed by atoms with Crippen LogP contribution in [0.2, 0.25) is 0 Å². The topological polar surface area (TPSA) is 41.1 Å². The molecule has 2 rings (SSSR count). The lowest BCUT2D eigenvalue weighted by molar-refractivity contribution is 0.290. The fourth-order valence-corrected chi connectivity index (χ4v) is 2.75. The van der Waals surface area contributed by atoms with Crippen LogP contribution in [0.5, 0.6) is 0 Å². The minimum Gasteiger partial charge on any atom is -0.369 e. The number of thioether (sulfide) groups is 1. The maximum Gasteiger partial charge on any atom is 0.144 e. The van der Waals surface area contributed by atoms with Gasteiger partial charge in [-0.25, -0.2) is 4.98 Å². The number of anilines is 1. The summed E-state index contributed by atoms with van der Waals surface area (Å²) in [7, 11) is 0. The van der Waals surface area contributed by atoms with E-state index < -0.39 is 0 Å². The van der Waals surface area contributed by atoms with Crippen LogP contribution in [0.1, 0.15) is 19.0 Å². The maximum absolute atomic E-state index is 4.45. The number of nitrogens with one attached hydrogen (secondary N) is 1. The molecule has 0 aliphatic carbocycles. The van der Waals surface area contributed by atoms with Gasteiger partial charge in [-0.1, -0.05) is 6.92 Å². The minimum atomic E-state index is 0.879. The molecule has 1 aliphatic rings. The lowest BCUT2D eigenvalue weighted by atomic mass is 10.4. The summed E-state index contributed by atoms with van der Waals surface area (Å²) in [6.45, 7) is 6.37. The van der Waals surface area contributed by atoms with Crippen LogP contribution in [0.3, 0.4) is 0 Å². The van der Waals surface area contributed by atoms with E-state index in [9.17, 15) is 0 Å². The molecule has 2 heterocycles. The van der Waals surface area contributed by atoms with Crippen LogP contribution < -0.4 is 5.32 Å². The predicted octanol–water partition coefficient (Wildman–Crippen LogP) is 1.85. The van der Waals surface area contributed by atoms with Crippen molar-refractivity contribution in [1.29, 1.82) is 0 Å². The third kappa shape index (κ3) is 4.16. The highest BCUT2D eigenvalue weighted by Crippen LogP contribution is 2.11. The van der Waals surface area contributed by atoms with Gasteiger partial charge in [-0.05, 0) is 6.42 Å². The molecular weight excluding hydrogens is 232 g/mol. The Labute approximate surface area is 107 Å². The van der Waals surface area contributed by atoms with Gasteiger partial charge in [-0.2, -0.15) is 11.8 Å². The number of nitrogens with zero attached hydrogens (tertiary/aromatic N) is 3. The molecule has 4 nitrogen and oxygen atoms in total. The summed E-state index contributed by atoms with van der Waals surface area (Å²) in [4.78, 5) is 11.3. The summed E-state index contributed by atoms with van der Waals surface area (Å²) in [6.07, 6.45) is 4.83. The second-order valence-electron chi connectivity index (χ2n) is 4.21. The Morgan fingerprint density at radius 2 is 2.12 bits per heavy atom. The molecule has 5 heteroatoms. The van der Waals surface area contributed by atoms with Crippen molar-refractivity contribution in [1.82, 2.24) is 14.9 Å². The van der Waals surface area contributed by atoms with Crippen molar-refractivity contribution >= 4 is 17.6 Å². The largest absolute Gasteiger partial charge is 0.369 e. The molecule has 0 bridgehead atoms. The molecule has 0 spiro atoms. The van der Waals surface area contributed by atoms with Crippen LogP contribution in [0.4, 0.5) is 5.82 Å². The van der Waals surface area contributed by atoms with Crippen LogP contribution in [0.25, 0.3) is 0 Å². The van der Waals surface area contributed by atoms with E-state index in [1.165, 1.54) is 24.6 Å². The highest BCUT2D eigenvalue weighted by atomic mass is 32.2. The van der Waals surface area contributed by atoms with Crippen molar-refractivity contribution in [2.75, 3.05) is 36.5 Å². The fourth-order valence-electron chi connectivity index (χ4n) is 1.77. The van der Waals surface area contributed by atoms with Crippen molar-refractivity contribution < 1.29 is 0 Å². The van der Waals surface area contributed by atoms with Gasteiger partial charge in [-0.3, -0.25) is 9.88 Å². The average Bonchev–Trinajstić information content (AvgIpc) is 2.39. The lowest BCUT2D eigenvalue weighted by Gasteiger charge is -2.25. The van der Waals surface area contributed by atoms with Gasteiger partial charge in [0.1, 0.15) is 5.82 Å². The highest BCUT2D eigenvalue weighted by Gasteiger charge is 2.11. The van der Waals surface area contributed by atoms with Crippen LogP contribution in [0, 0.1) is 0 Å². The van der Waals surface area contributed by atoms with E-state index in [0.717, 1.165) is 31.0 Å². The Hall–Kier alpha value is -0.810. The number of rotatable bonds is 5. The summed E-state index contributed by atoms with van der Waals surface area (Å²) >= 11 is 2.03. The van der Waals surface area contributed by atoms with E-state index in [1.54, 1.807) is 0 Å². The van der Waals surface area contributed by atoms with Crippen LogP contribution in [0.15, 0.2) is 12.4 Å². The van der Waals surface area contributed by atoms with Crippen LogP contribution in [-0.4, -0.2) is 46.0 Å². The summed E-state index contributed by atoms with van der Waals surface area (Å²) < 4.78 is 0. The average molecular weight is 252 g/mol. The van der Waals surface area contributed by atoms with Crippen molar-refractivity contribution in [2.24, 2.45) is 0 Å². The molecule has 1 aliphatic heterocycles. The molecule has 0 unspecified atom stereocenters. The van der Waals surface area contributed by atoms with Crippen LogP contribution >= 0.6 is 11.8 Å². The van der Waals surface area contributed by atoms with Gasteiger partial charge in [-0.15, -0.1) is 0 Å². The highest BCUT2D eigenvalue weighted by molar-refractivity contribution is 7.99. The van der Waals surface area contributed by atoms with E-state index in [1.807, 2.05) is 24.2 Å². The third-order valence-corrected chi connectivity index (χ3v) is 3.69. The summed E-state index contributed by atoms with van der Waals surface area (Å²) in [6, 6.07) is 0. The van der Waals surface area contributed by atoms with Gasteiger partial charge in [0.25, 0.3) is 0 Å². The smallest absolute Gasteiger partial charge is 0.144 e. The molecule has 1 saturated heterocycles. The Morgan fingerprint density at radius 1 is 1.29 bits per heavy atom. The van der Waals surface area contributed by atoms with E-state index >= 15 is 0 Å². The molecule has 1 N–H and O–H groups in total. The van der Waals surface area contributed by atoms with E-state index in [0.29, 0.717) is 0 Å². The first-order chi connectivity index (χ1) is 8.38. The van der Waals surface area contributed by atoms with Crippen molar-refractivity contribution in [3.05, 3.63) is 18.1 Å². The molecule has 0 amide bonds. The zero-order valence-electron chi connectivity index (χ0n) is 10.4. The van der Waals surface area contributed by atoms with Gasteiger partial charge >= 0.3 is 0 Å². The Kier molecular flexibility index (Phi) is 5.07. The monoisotopic (exact) mass is 252 g/mol. The normalized spacial score (nSPS) is 17.0. The predicted molar refractivity (Wildman–Crippen MR) is 73.4 cm³/mol. The molecule has 17 heavy (non-hydrogen) atoms. The summed E-state index contributed by atoms with van der Waals surface area (Å²) in [5.74, 6) is 3.36. The number of hydrogen-bond acceptors (Lipinski definition) is 5. The Balaban J connectivity index is 1.84. The van der Waals surface area contributed by atoms with Crippen LogP contribution in [-0.2, 0) is 6.54 Å². The molecule has 1 aromatic rings. The van der Waals surface area contributed by atoms with E-state index in [2.05, 4.69) is 27.1 Å². The molecule has 0 saturated carbocycles. The van der Waals surface area contributed by atoms with E-state index in [-0.39, 0.29) is 0 Å². The van der Waals surface area contributed by atoms with Gasteiger partial charge in [0.05, 0.1) is 18.1 Å². The molecular formula is C12H20N4S. The van der Waals surface area contributed by atoms with Gasteiger partial charge in [0, 0.05) is 37.7 Å². The molecule has 0 radical (unpaired) electrons. The van der Waals surface area contributed by atoms with Crippen molar-refractivity contribution in [2.45, 2.75) is 19.9 Å². The third-order valence-electron chi connectivity index (χ3n) is 2.75. The molecule has 0 atom stereocenters. The number of hydrogen-bond donors (Lipinski definition) is 1. The van der Waals surface area contributed by atoms with Crippen molar-refractivity contribution in [3.63, 3.8) is 0 Å². The molecule has 94 valence electrons. The lowest BCUT2D eigenvalue weighted by Crippen LogP contribution is -2.32. The SMILES string of the molecule is CCCNc1cnc(CN2CCSCC2)cn1. The minimum absolute atomic E-state index is 0.879. The van der Waals surface area contributed by atoms with E-state index in [4.69, 9.17) is 0 Å². The van der Waals surface area contributed by atoms with Crippen molar-refractivity contribution in [3.8, 4) is 0 Å². The Bertz CT molecular complexity index is 322. The summed E-state index contributed by atoms with van der Waals surface area (Å²) in [5.41, 5.74) is 1.07. The zero-order valence-corrected chi connectivity index (χ0v) is 11.2. The zero-order chi connectivity index (χ0) is 11.9. The molecule has 1 fully saturated rings. The quantitative estimate of drug-likeness (QED) is 0.866. The van der Waals surface area contributed by atoms with Gasteiger partial charge in [0.2, 0.25) is 0 Å². The first kappa shape index (κ1) is 12.6. The van der Waals surface area contributed by atoms with Gasteiger partial charge in [0.15, 0.2) is 0 Å². The standard InChI is InChI=1S/C12H20N4S/c1-2-3-13-12-9-14-11(8-15-12)10-16-4-6-17-7-5-16/h8-9H,2-7,10H2,1H3,(H,13,15). The molecule has 0 aromatic carbocycles. The first-order valence-electron chi connectivity index (χ1n) is 6.23.